The quantitative estimate of drug-likeness (QED) is 0.618. The Kier molecular flexibility index (Phi) is 2.97. The van der Waals surface area contributed by atoms with Gasteiger partial charge in [-0.05, 0) is 38.1 Å². The molecule has 1 aromatic heterocycles. The van der Waals surface area contributed by atoms with E-state index >= 15 is 0 Å². The number of pyridine rings is 1. The molecule has 0 saturated carbocycles. The monoisotopic (exact) mass is 269 g/mol. The van der Waals surface area contributed by atoms with E-state index in [0.29, 0.717) is 16.6 Å². The third-order valence-electron chi connectivity index (χ3n) is 3.24. The molecule has 1 heterocycles. The van der Waals surface area contributed by atoms with Crippen LogP contribution in [0.15, 0.2) is 42.5 Å². The average molecular weight is 269 g/mol. The fourth-order valence-electron chi connectivity index (χ4n) is 2.44. The summed E-state index contributed by atoms with van der Waals surface area (Å²) >= 11 is 0. The predicted octanol–water partition coefficient (Wildman–Crippen LogP) is 4.80. The van der Waals surface area contributed by atoms with Crippen LogP contribution in [0.1, 0.15) is 11.1 Å². The maximum atomic E-state index is 13.6. The second-order valence-electron chi connectivity index (χ2n) is 5.03. The normalized spacial score (nSPS) is 11.0. The van der Waals surface area contributed by atoms with Crippen molar-refractivity contribution in [2.75, 3.05) is 0 Å². The summed E-state index contributed by atoms with van der Waals surface area (Å²) < 4.78 is 26.9. The molecule has 0 N–H and O–H groups in total. The van der Waals surface area contributed by atoms with Gasteiger partial charge >= 0.3 is 0 Å². The number of aromatic nitrogens is 1. The number of hydrogen-bond donors (Lipinski definition) is 0. The molecule has 0 amide bonds. The highest BCUT2D eigenvalue weighted by atomic mass is 19.1. The Labute approximate surface area is 115 Å². The lowest BCUT2D eigenvalue weighted by atomic mass is 10.0. The lowest BCUT2D eigenvalue weighted by Crippen LogP contribution is -1.90. The minimum absolute atomic E-state index is 0.333. The van der Waals surface area contributed by atoms with Crippen molar-refractivity contribution in [3.63, 3.8) is 0 Å². The van der Waals surface area contributed by atoms with Gasteiger partial charge in [0.25, 0.3) is 0 Å². The molecule has 0 aliphatic heterocycles. The van der Waals surface area contributed by atoms with Gasteiger partial charge in [-0.25, -0.2) is 13.8 Å². The van der Waals surface area contributed by atoms with Gasteiger partial charge in [-0.2, -0.15) is 0 Å². The second-order valence-corrected chi connectivity index (χ2v) is 5.03. The van der Waals surface area contributed by atoms with E-state index in [4.69, 9.17) is 0 Å². The summed E-state index contributed by atoms with van der Waals surface area (Å²) in [6.07, 6.45) is 0. The van der Waals surface area contributed by atoms with Gasteiger partial charge in [0, 0.05) is 23.1 Å². The smallest absolute Gasteiger partial charge is 0.135 e. The van der Waals surface area contributed by atoms with Crippen LogP contribution in [-0.4, -0.2) is 4.98 Å². The highest BCUT2D eigenvalue weighted by Crippen LogP contribution is 2.25. The molecule has 1 nitrogen and oxygen atoms in total. The first kappa shape index (κ1) is 12.7. The van der Waals surface area contributed by atoms with E-state index in [2.05, 4.69) is 11.1 Å². The van der Waals surface area contributed by atoms with E-state index in [1.54, 1.807) is 12.1 Å². The highest BCUT2D eigenvalue weighted by Gasteiger charge is 2.08. The number of hydrogen-bond acceptors (Lipinski definition) is 1. The number of aryl methyl sites for hydroxylation is 2. The number of rotatable bonds is 1. The van der Waals surface area contributed by atoms with E-state index < -0.39 is 11.6 Å². The molecule has 3 heteroatoms. The van der Waals surface area contributed by atoms with Crippen molar-refractivity contribution < 1.29 is 8.78 Å². The molecule has 3 aromatic rings. The van der Waals surface area contributed by atoms with Crippen molar-refractivity contribution >= 4 is 10.9 Å². The maximum Gasteiger partial charge on any atom is 0.135 e. The molecule has 0 saturated heterocycles. The van der Waals surface area contributed by atoms with Crippen LogP contribution in [0, 0.1) is 25.5 Å². The van der Waals surface area contributed by atoms with Crippen molar-refractivity contribution in [1.29, 1.82) is 0 Å². The largest absolute Gasteiger partial charge is 0.248 e. The van der Waals surface area contributed by atoms with E-state index in [9.17, 15) is 8.78 Å². The van der Waals surface area contributed by atoms with Crippen LogP contribution in [0.3, 0.4) is 0 Å². The topological polar surface area (TPSA) is 12.9 Å². The summed E-state index contributed by atoms with van der Waals surface area (Å²) in [4.78, 5) is 4.37. The zero-order valence-electron chi connectivity index (χ0n) is 11.2. The number of nitrogens with zero attached hydrogens (tertiary/aromatic N) is 1. The van der Waals surface area contributed by atoms with Crippen molar-refractivity contribution in [3.8, 4) is 11.3 Å². The van der Waals surface area contributed by atoms with Gasteiger partial charge in [0.1, 0.15) is 11.6 Å². The molecule has 0 unspecified atom stereocenters. The molecule has 100 valence electrons. The summed E-state index contributed by atoms with van der Waals surface area (Å²) in [5.74, 6) is -1.19. The maximum absolute atomic E-state index is 13.6. The van der Waals surface area contributed by atoms with E-state index in [1.165, 1.54) is 6.07 Å². The Morgan fingerprint density at radius 3 is 2.25 bits per heavy atom. The van der Waals surface area contributed by atoms with Gasteiger partial charge in [0.2, 0.25) is 0 Å². The molecule has 0 fully saturated rings. The van der Waals surface area contributed by atoms with Crippen LogP contribution >= 0.6 is 0 Å². The molecule has 0 aliphatic rings. The number of fused-ring (bicyclic) bond motifs is 1. The number of halogens is 2. The Bertz CT molecular complexity index is 789. The fourth-order valence-corrected chi connectivity index (χ4v) is 2.44. The van der Waals surface area contributed by atoms with E-state index in [1.807, 2.05) is 26.0 Å². The minimum Gasteiger partial charge on any atom is -0.248 e. The van der Waals surface area contributed by atoms with E-state index in [0.717, 1.165) is 22.8 Å². The molecule has 0 bridgehead atoms. The van der Waals surface area contributed by atoms with Crippen LogP contribution in [0.4, 0.5) is 8.78 Å². The molecular formula is C17H13F2N. The van der Waals surface area contributed by atoms with Gasteiger partial charge in [0.05, 0.1) is 11.2 Å². The van der Waals surface area contributed by atoms with Crippen molar-refractivity contribution in [2.24, 2.45) is 0 Å². The number of benzene rings is 2. The predicted molar refractivity (Wildman–Crippen MR) is 76.6 cm³/mol. The zero-order valence-corrected chi connectivity index (χ0v) is 11.2. The molecule has 2 aromatic carbocycles. The summed E-state index contributed by atoms with van der Waals surface area (Å²) in [5.41, 5.74) is 4.27. The van der Waals surface area contributed by atoms with Crippen LogP contribution in [0.25, 0.3) is 22.2 Å². The standard InChI is InChI=1S/C17H13F2N/c1-10-5-11(2)7-12(6-10)16-4-3-14-15(19)8-13(18)9-17(14)20-16/h3-9H,1-2H3. The van der Waals surface area contributed by atoms with Crippen molar-refractivity contribution in [3.05, 3.63) is 65.2 Å². The first-order chi connectivity index (χ1) is 9.52. The molecule has 0 radical (unpaired) electrons. The Morgan fingerprint density at radius 1 is 0.850 bits per heavy atom. The summed E-state index contributed by atoms with van der Waals surface area (Å²) in [6, 6.07) is 11.6. The Morgan fingerprint density at radius 2 is 1.55 bits per heavy atom. The molecule has 0 spiro atoms. The first-order valence-corrected chi connectivity index (χ1v) is 6.37. The molecule has 20 heavy (non-hydrogen) atoms. The third-order valence-corrected chi connectivity index (χ3v) is 3.24. The first-order valence-electron chi connectivity index (χ1n) is 6.37. The van der Waals surface area contributed by atoms with Crippen LogP contribution in [-0.2, 0) is 0 Å². The fraction of sp³-hybridized carbons (Fsp3) is 0.118. The lowest BCUT2D eigenvalue weighted by molar-refractivity contribution is 0.591. The van der Waals surface area contributed by atoms with Crippen LogP contribution in [0.5, 0.6) is 0 Å². The van der Waals surface area contributed by atoms with E-state index in [-0.39, 0.29) is 0 Å². The highest BCUT2D eigenvalue weighted by molar-refractivity contribution is 5.82. The average Bonchev–Trinajstić information content (AvgIpc) is 2.36. The Balaban J connectivity index is 2.22. The lowest BCUT2D eigenvalue weighted by Gasteiger charge is -2.06. The van der Waals surface area contributed by atoms with Gasteiger partial charge in [-0.3, -0.25) is 0 Å². The zero-order chi connectivity index (χ0) is 14.3. The summed E-state index contributed by atoms with van der Waals surface area (Å²) in [6.45, 7) is 4.02. The van der Waals surface area contributed by atoms with Gasteiger partial charge in [0.15, 0.2) is 0 Å². The Hall–Kier alpha value is -2.29. The molecule has 3 rings (SSSR count). The SMILES string of the molecule is Cc1cc(C)cc(-c2ccc3c(F)cc(F)cc3n2)c1. The van der Waals surface area contributed by atoms with Crippen molar-refractivity contribution in [2.45, 2.75) is 13.8 Å². The molecule has 0 aliphatic carbocycles. The van der Waals surface area contributed by atoms with Crippen LogP contribution in [0.2, 0.25) is 0 Å². The van der Waals surface area contributed by atoms with Gasteiger partial charge < -0.3 is 0 Å². The summed E-state index contributed by atoms with van der Waals surface area (Å²) in [5, 5.41) is 0.333. The van der Waals surface area contributed by atoms with Gasteiger partial charge in [-0.15, -0.1) is 0 Å². The third kappa shape index (κ3) is 2.27. The summed E-state index contributed by atoms with van der Waals surface area (Å²) in [7, 11) is 0. The van der Waals surface area contributed by atoms with Crippen molar-refractivity contribution in [1.82, 2.24) is 4.98 Å². The van der Waals surface area contributed by atoms with Crippen LogP contribution < -0.4 is 0 Å². The molecular weight excluding hydrogens is 256 g/mol. The minimum atomic E-state index is -0.611. The second kappa shape index (κ2) is 4.67. The molecule has 0 atom stereocenters. The van der Waals surface area contributed by atoms with Gasteiger partial charge in [-0.1, -0.05) is 17.2 Å².